The van der Waals surface area contributed by atoms with Crippen LogP contribution in [0.25, 0.3) is 11.1 Å². The second-order valence-corrected chi connectivity index (χ2v) is 5.08. The number of rotatable bonds is 3. The summed E-state index contributed by atoms with van der Waals surface area (Å²) in [6.07, 6.45) is 0. The van der Waals surface area contributed by atoms with Gasteiger partial charge in [0.1, 0.15) is 0 Å². The first-order valence-corrected chi connectivity index (χ1v) is 6.79. The quantitative estimate of drug-likeness (QED) is 0.891. The molecule has 0 aliphatic carbocycles. The van der Waals surface area contributed by atoms with Gasteiger partial charge in [0.15, 0.2) is 5.58 Å². The van der Waals surface area contributed by atoms with E-state index in [1.807, 2.05) is 24.3 Å². The molecule has 102 valence electrons. The summed E-state index contributed by atoms with van der Waals surface area (Å²) in [5, 5.41) is 3.37. The third kappa shape index (κ3) is 2.43. The van der Waals surface area contributed by atoms with E-state index >= 15 is 0 Å². The number of nitrogens with one attached hydrogen (secondary N) is 1. The highest BCUT2D eigenvalue weighted by atomic mass is 16.4. The Bertz CT molecular complexity index is 616. The zero-order chi connectivity index (χ0) is 13.2. The highest BCUT2D eigenvalue weighted by molar-refractivity contribution is 5.72. The molecule has 1 aliphatic heterocycles. The molecule has 5 nitrogen and oxygen atoms in total. The number of para-hydroxylation sites is 2. The van der Waals surface area contributed by atoms with Gasteiger partial charge in [0, 0.05) is 38.8 Å². The second-order valence-electron chi connectivity index (χ2n) is 5.08. The number of fused-ring (bicyclic) bond motifs is 1. The molecule has 0 unspecified atom stereocenters. The van der Waals surface area contributed by atoms with Crippen LogP contribution in [0.5, 0.6) is 0 Å². The van der Waals surface area contributed by atoms with Gasteiger partial charge in [-0.3, -0.25) is 9.47 Å². The van der Waals surface area contributed by atoms with Gasteiger partial charge in [-0.15, -0.1) is 0 Å². The van der Waals surface area contributed by atoms with Crippen LogP contribution in [-0.2, 0) is 6.54 Å². The minimum absolute atomic E-state index is 0.260. The van der Waals surface area contributed by atoms with Gasteiger partial charge in [0.05, 0.1) is 5.52 Å². The van der Waals surface area contributed by atoms with Crippen molar-refractivity contribution >= 4 is 11.1 Å². The van der Waals surface area contributed by atoms with E-state index in [1.165, 1.54) is 0 Å². The Morgan fingerprint density at radius 2 is 2.21 bits per heavy atom. The topological polar surface area (TPSA) is 50.4 Å². The van der Waals surface area contributed by atoms with Gasteiger partial charge >= 0.3 is 5.76 Å². The van der Waals surface area contributed by atoms with E-state index in [1.54, 1.807) is 4.57 Å². The zero-order valence-electron chi connectivity index (χ0n) is 11.1. The highest BCUT2D eigenvalue weighted by Crippen LogP contribution is 2.12. The number of hydrogen-bond acceptors (Lipinski definition) is 4. The Morgan fingerprint density at radius 1 is 1.37 bits per heavy atom. The Kier molecular flexibility index (Phi) is 3.40. The number of oxazole rings is 1. The van der Waals surface area contributed by atoms with Crippen LogP contribution >= 0.6 is 0 Å². The Balaban J connectivity index is 1.78. The van der Waals surface area contributed by atoms with Crippen molar-refractivity contribution in [3.63, 3.8) is 0 Å². The fraction of sp³-hybridized carbons (Fsp3) is 0.500. The van der Waals surface area contributed by atoms with Crippen LogP contribution in [0.2, 0.25) is 0 Å². The highest BCUT2D eigenvalue weighted by Gasteiger charge is 2.18. The van der Waals surface area contributed by atoms with Crippen molar-refractivity contribution in [2.75, 3.05) is 26.2 Å². The number of benzene rings is 1. The van der Waals surface area contributed by atoms with Gasteiger partial charge in [-0.2, -0.15) is 0 Å². The van der Waals surface area contributed by atoms with E-state index in [0.29, 0.717) is 18.2 Å². The van der Waals surface area contributed by atoms with Gasteiger partial charge < -0.3 is 9.73 Å². The molecule has 19 heavy (non-hydrogen) atoms. The van der Waals surface area contributed by atoms with Gasteiger partial charge in [-0.1, -0.05) is 12.1 Å². The molecule has 1 fully saturated rings. The Labute approximate surface area is 111 Å². The van der Waals surface area contributed by atoms with Crippen LogP contribution in [0, 0.1) is 0 Å². The molecule has 1 saturated heterocycles. The summed E-state index contributed by atoms with van der Waals surface area (Å²) in [5.74, 6) is -0.260. The number of hydrogen-bond donors (Lipinski definition) is 1. The van der Waals surface area contributed by atoms with E-state index in [2.05, 4.69) is 17.1 Å². The summed E-state index contributed by atoms with van der Waals surface area (Å²) < 4.78 is 6.97. The van der Waals surface area contributed by atoms with E-state index in [0.717, 1.165) is 31.7 Å². The number of aromatic nitrogens is 1. The first kappa shape index (κ1) is 12.4. The van der Waals surface area contributed by atoms with Crippen LogP contribution in [0.15, 0.2) is 33.5 Å². The van der Waals surface area contributed by atoms with Crippen molar-refractivity contribution in [3.05, 3.63) is 34.8 Å². The van der Waals surface area contributed by atoms with Crippen molar-refractivity contribution in [2.24, 2.45) is 0 Å². The molecule has 0 radical (unpaired) electrons. The van der Waals surface area contributed by atoms with Crippen LogP contribution in [0.3, 0.4) is 0 Å². The first-order valence-electron chi connectivity index (χ1n) is 6.79. The van der Waals surface area contributed by atoms with Gasteiger partial charge in [0.2, 0.25) is 0 Å². The molecule has 1 aliphatic rings. The summed E-state index contributed by atoms with van der Waals surface area (Å²) in [6, 6.07) is 8.10. The minimum atomic E-state index is -0.260. The summed E-state index contributed by atoms with van der Waals surface area (Å²) in [6.45, 7) is 6.84. The standard InChI is InChI=1S/C14H19N3O2/c1-11-10-15-6-7-16(11)8-9-17-12-4-2-3-5-13(12)19-14(17)18/h2-5,11,15H,6-10H2,1H3/t11-/m0/s1. The lowest BCUT2D eigenvalue weighted by molar-refractivity contribution is 0.167. The average Bonchev–Trinajstić information content (AvgIpc) is 2.74. The van der Waals surface area contributed by atoms with Gasteiger partial charge in [-0.25, -0.2) is 4.79 Å². The lowest BCUT2D eigenvalue weighted by atomic mass is 10.2. The van der Waals surface area contributed by atoms with Gasteiger partial charge in [-0.05, 0) is 19.1 Å². The number of piperazine rings is 1. The normalized spacial score (nSPS) is 21.0. The Morgan fingerprint density at radius 3 is 3.05 bits per heavy atom. The van der Waals surface area contributed by atoms with Crippen molar-refractivity contribution in [3.8, 4) is 0 Å². The smallest absolute Gasteiger partial charge is 0.408 e. The largest absolute Gasteiger partial charge is 0.419 e. The second kappa shape index (κ2) is 5.19. The summed E-state index contributed by atoms with van der Waals surface area (Å²) >= 11 is 0. The fourth-order valence-corrected chi connectivity index (χ4v) is 2.67. The predicted octanol–water partition coefficient (Wildman–Crippen LogP) is 0.888. The lowest BCUT2D eigenvalue weighted by Crippen LogP contribution is -2.50. The third-order valence-corrected chi connectivity index (χ3v) is 3.82. The molecule has 5 heteroatoms. The van der Waals surface area contributed by atoms with E-state index in [9.17, 15) is 4.79 Å². The van der Waals surface area contributed by atoms with Crippen molar-refractivity contribution in [1.29, 1.82) is 0 Å². The molecule has 2 heterocycles. The van der Waals surface area contributed by atoms with Crippen molar-refractivity contribution in [2.45, 2.75) is 19.5 Å². The zero-order valence-corrected chi connectivity index (χ0v) is 11.1. The van der Waals surface area contributed by atoms with E-state index in [4.69, 9.17) is 4.42 Å². The van der Waals surface area contributed by atoms with E-state index < -0.39 is 0 Å². The maximum Gasteiger partial charge on any atom is 0.419 e. The molecule has 0 bridgehead atoms. The van der Waals surface area contributed by atoms with Crippen LogP contribution in [-0.4, -0.2) is 41.7 Å². The molecule has 0 amide bonds. The molecule has 2 aromatic rings. The summed E-state index contributed by atoms with van der Waals surface area (Å²) in [4.78, 5) is 14.3. The molecule has 1 aromatic carbocycles. The third-order valence-electron chi connectivity index (χ3n) is 3.82. The first-order chi connectivity index (χ1) is 9.25. The van der Waals surface area contributed by atoms with Crippen molar-refractivity contribution in [1.82, 2.24) is 14.8 Å². The minimum Gasteiger partial charge on any atom is -0.408 e. The molecular weight excluding hydrogens is 242 g/mol. The molecule has 0 saturated carbocycles. The lowest BCUT2D eigenvalue weighted by Gasteiger charge is -2.33. The fourth-order valence-electron chi connectivity index (χ4n) is 2.67. The van der Waals surface area contributed by atoms with Crippen LogP contribution in [0.4, 0.5) is 0 Å². The molecular formula is C14H19N3O2. The predicted molar refractivity (Wildman–Crippen MR) is 74.4 cm³/mol. The maximum absolute atomic E-state index is 11.9. The summed E-state index contributed by atoms with van der Waals surface area (Å²) in [5.41, 5.74) is 1.55. The molecule has 1 N–H and O–H groups in total. The van der Waals surface area contributed by atoms with Crippen LogP contribution < -0.4 is 11.1 Å². The van der Waals surface area contributed by atoms with Crippen molar-refractivity contribution < 1.29 is 4.42 Å². The van der Waals surface area contributed by atoms with E-state index in [-0.39, 0.29) is 5.76 Å². The molecule has 1 atom stereocenters. The molecule has 0 spiro atoms. The van der Waals surface area contributed by atoms with Crippen LogP contribution in [0.1, 0.15) is 6.92 Å². The molecule has 3 rings (SSSR count). The maximum atomic E-state index is 11.9. The van der Waals surface area contributed by atoms with Gasteiger partial charge in [0.25, 0.3) is 0 Å². The molecule has 1 aromatic heterocycles. The monoisotopic (exact) mass is 261 g/mol. The SMILES string of the molecule is C[C@H]1CNCCN1CCn1c(=O)oc2ccccc21. The Hall–Kier alpha value is -1.59. The summed E-state index contributed by atoms with van der Waals surface area (Å²) in [7, 11) is 0. The average molecular weight is 261 g/mol. The number of nitrogens with zero attached hydrogens (tertiary/aromatic N) is 2.